The van der Waals surface area contributed by atoms with Crippen molar-refractivity contribution in [2.24, 2.45) is 5.41 Å². The highest BCUT2D eigenvalue weighted by molar-refractivity contribution is 5.78. The van der Waals surface area contributed by atoms with Crippen molar-refractivity contribution < 1.29 is 4.42 Å². The zero-order chi connectivity index (χ0) is 12.6. The number of furan rings is 1. The van der Waals surface area contributed by atoms with Gasteiger partial charge in [0.25, 0.3) is 0 Å². The Morgan fingerprint density at radius 1 is 1.18 bits per heavy atom. The molecule has 1 unspecified atom stereocenters. The zero-order valence-electron chi connectivity index (χ0n) is 11.3. The summed E-state index contributed by atoms with van der Waals surface area (Å²) in [5.74, 6) is 1.01. The van der Waals surface area contributed by atoms with E-state index in [1.807, 2.05) is 13.1 Å². The number of hydrogen-bond donors (Lipinski definition) is 1. The van der Waals surface area contributed by atoms with Gasteiger partial charge in [0.15, 0.2) is 0 Å². The lowest BCUT2D eigenvalue weighted by molar-refractivity contribution is 0.253. The van der Waals surface area contributed by atoms with Crippen LogP contribution >= 0.6 is 0 Å². The molecule has 1 atom stereocenters. The molecule has 2 rings (SSSR count). The van der Waals surface area contributed by atoms with Gasteiger partial charge in [0.2, 0.25) is 0 Å². The van der Waals surface area contributed by atoms with Gasteiger partial charge in [0, 0.05) is 5.39 Å². The van der Waals surface area contributed by atoms with Gasteiger partial charge >= 0.3 is 0 Å². The molecule has 0 fully saturated rings. The summed E-state index contributed by atoms with van der Waals surface area (Å²) in [5, 5.41) is 4.52. The molecule has 0 aliphatic heterocycles. The Morgan fingerprint density at radius 3 is 2.47 bits per heavy atom. The van der Waals surface area contributed by atoms with Crippen LogP contribution < -0.4 is 5.32 Å². The van der Waals surface area contributed by atoms with Gasteiger partial charge in [-0.05, 0) is 37.6 Å². The molecule has 1 heterocycles. The summed E-state index contributed by atoms with van der Waals surface area (Å²) < 4.78 is 5.94. The summed E-state index contributed by atoms with van der Waals surface area (Å²) >= 11 is 0. The van der Waals surface area contributed by atoms with Gasteiger partial charge in [-0.2, -0.15) is 0 Å². The van der Waals surface area contributed by atoms with E-state index >= 15 is 0 Å². The largest absolute Gasteiger partial charge is 0.459 e. The molecule has 1 aromatic carbocycles. The Kier molecular flexibility index (Phi) is 3.00. The Bertz CT molecular complexity index is 519. The molecule has 1 aromatic heterocycles. The molecular weight excluding hydrogens is 210 g/mol. The van der Waals surface area contributed by atoms with E-state index in [4.69, 9.17) is 4.42 Å². The Balaban J connectivity index is 2.48. The molecule has 92 valence electrons. The molecule has 2 aromatic rings. The van der Waals surface area contributed by atoms with Gasteiger partial charge in [-0.3, -0.25) is 0 Å². The molecule has 0 spiro atoms. The SMILES string of the molecule is CNC(c1cc2cc(C)ccc2o1)C(C)(C)C. The van der Waals surface area contributed by atoms with Crippen LogP contribution in [0.2, 0.25) is 0 Å². The van der Waals surface area contributed by atoms with Gasteiger partial charge < -0.3 is 9.73 Å². The maximum atomic E-state index is 5.94. The first-order valence-electron chi connectivity index (χ1n) is 6.09. The lowest BCUT2D eigenvalue weighted by Crippen LogP contribution is -2.29. The van der Waals surface area contributed by atoms with Crippen LogP contribution in [-0.2, 0) is 0 Å². The van der Waals surface area contributed by atoms with Crippen LogP contribution in [0.1, 0.15) is 38.1 Å². The second kappa shape index (κ2) is 4.19. The van der Waals surface area contributed by atoms with Crippen molar-refractivity contribution >= 4 is 11.0 Å². The normalized spacial score (nSPS) is 14.2. The standard InChI is InChI=1S/C15H21NO/c1-10-6-7-12-11(8-10)9-13(17-12)14(16-5)15(2,3)4/h6-9,14,16H,1-5H3. The summed E-state index contributed by atoms with van der Waals surface area (Å²) in [6.07, 6.45) is 0. The van der Waals surface area contributed by atoms with Crippen molar-refractivity contribution in [3.05, 3.63) is 35.6 Å². The van der Waals surface area contributed by atoms with E-state index in [9.17, 15) is 0 Å². The van der Waals surface area contributed by atoms with Crippen LogP contribution in [0.5, 0.6) is 0 Å². The summed E-state index contributed by atoms with van der Waals surface area (Å²) in [7, 11) is 1.98. The fourth-order valence-electron chi connectivity index (χ4n) is 2.33. The van der Waals surface area contributed by atoms with Gasteiger partial charge in [-0.15, -0.1) is 0 Å². The lowest BCUT2D eigenvalue weighted by Gasteiger charge is -2.28. The van der Waals surface area contributed by atoms with E-state index in [0.717, 1.165) is 11.3 Å². The number of benzene rings is 1. The fourth-order valence-corrected chi connectivity index (χ4v) is 2.33. The van der Waals surface area contributed by atoms with Gasteiger partial charge in [0.05, 0.1) is 6.04 Å². The van der Waals surface area contributed by atoms with Crippen LogP contribution in [0.4, 0.5) is 0 Å². The monoisotopic (exact) mass is 231 g/mol. The highest BCUT2D eigenvalue weighted by atomic mass is 16.3. The third-order valence-electron chi connectivity index (χ3n) is 3.13. The molecule has 0 amide bonds. The minimum atomic E-state index is 0.137. The highest BCUT2D eigenvalue weighted by Gasteiger charge is 2.27. The van der Waals surface area contributed by atoms with Crippen LogP contribution in [0.15, 0.2) is 28.7 Å². The van der Waals surface area contributed by atoms with Crippen molar-refractivity contribution in [1.82, 2.24) is 5.32 Å². The first kappa shape index (κ1) is 12.2. The van der Waals surface area contributed by atoms with E-state index < -0.39 is 0 Å². The molecule has 0 radical (unpaired) electrons. The third kappa shape index (κ3) is 2.37. The summed E-state index contributed by atoms with van der Waals surface area (Å²) in [4.78, 5) is 0. The number of nitrogens with one attached hydrogen (secondary N) is 1. The van der Waals surface area contributed by atoms with Crippen LogP contribution in [0, 0.1) is 12.3 Å². The molecule has 1 N–H and O–H groups in total. The van der Waals surface area contributed by atoms with E-state index in [1.165, 1.54) is 10.9 Å². The van der Waals surface area contributed by atoms with E-state index in [-0.39, 0.29) is 11.5 Å². The van der Waals surface area contributed by atoms with E-state index in [0.29, 0.717) is 0 Å². The Labute approximate surface area is 103 Å². The second-order valence-corrected chi connectivity index (χ2v) is 5.78. The van der Waals surface area contributed by atoms with Crippen LogP contribution in [0.3, 0.4) is 0 Å². The zero-order valence-corrected chi connectivity index (χ0v) is 11.3. The quantitative estimate of drug-likeness (QED) is 0.843. The van der Waals surface area contributed by atoms with Crippen molar-refractivity contribution in [1.29, 1.82) is 0 Å². The van der Waals surface area contributed by atoms with E-state index in [2.05, 4.69) is 51.2 Å². The molecule has 17 heavy (non-hydrogen) atoms. The maximum Gasteiger partial charge on any atom is 0.134 e. The molecule has 0 saturated heterocycles. The van der Waals surface area contributed by atoms with Gasteiger partial charge in [0.1, 0.15) is 11.3 Å². The molecule has 0 bridgehead atoms. The highest BCUT2D eigenvalue weighted by Crippen LogP contribution is 2.35. The second-order valence-electron chi connectivity index (χ2n) is 5.78. The predicted octanol–water partition coefficient (Wildman–Crippen LogP) is 4.05. The molecule has 2 heteroatoms. The third-order valence-corrected chi connectivity index (χ3v) is 3.13. The van der Waals surface area contributed by atoms with Crippen molar-refractivity contribution in [2.45, 2.75) is 33.7 Å². The van der Waals surface area contributed by atoms with Crippen molar-refractivity contribution in [3.8, 4) is 0 Å². The summed E-state index contributed by atoms with van der Waals surface area (Å²) in [6.45, 7) is 8.75. The summed E-state index contributed by atoms with van der Waals surface area (Å²) in [5.41, 5.74) is 2.37. The Morgan fingerprint density at radius 2 is 1.88 bits per heavy atom. The molecular formula is C15H21NO. The average molecular weight is 231 g/mol. The molecule has 0 saturated carbocycles. The molecule has 0 aliphatic rings. The number of aryl methyl sites for hydroxylation is 1. The van der Waals surface area contributed by atoms with Gasteiger partial charge in [-0.1, -0.05) is 32.4 Å². The first-order chi connectivity index (χ1) is 7.91. The van der Waals surface area contributed by atoms with Crippen LogP contribution in [-0.4, -0.2) is 7.05 Å². The number of hydrogen-bond acceptors (Lipinski definition) is 2. The minimum Gasteiger partial charge on any atom is -0.459 e. The molecule has 2 nitrogen and oxygen atoms in total. The maximum absolute atomic E-state index is 5.94. The lowest BCUT2D eigenvalue weighted by atomic mass is 9.85. The van der Waals surface area contributed by atoms with E-state index in [1.54, 1.807) is 0 Å². The Hall–Kier alpha value is -1.28. The average Bonchev–Trinajstić information content (AvgIpc) is 2.58. The predicted molar refractivity (Wildman–Crippen MR) is 72.2 cm³/mol. The number of rotatable bonds is 2. The first-order valence-corrected chi connectivity index (χ1v) is 6.09. The van der Waals surface area contributed by atoms with Crippen LogP contribution in [0.25, 0.3) is 11.0 Å². The minimum absolute atomic E-state index is 0.137. The smallest absolute Gasteiger partial charge is 0.134 e. The fraction of sp³-hybridized carbons (Fsp3) is 0.467. The molecule has 0 aliphatic carbocycles. The van der Waals surface area contributed by atoms with Crippen molar-refractivity contribution in [2.75, 3.05) is 7.05 Å². The summed E-state index contributed by atoms with van der Waals surface area (Å²) in [6, 6.07) is 8.67. The van der Waals surface area contributed by atoms with Gasteiger partial charge in [-0.25, -0.2) is 0 Å². The van der Waals surface area contributed by atoms with Crippen molar-refractivity contribution in [3.63, 3.8) is 0 Å². The topological polar surface area (TPSA) is 25.2 Å². The number of fused-ring (bicyclic) bond motifs is 1.